The number of esters is 1. The Morgan fingerprint density at radius 3 is 2.65 bits per heavy atom. The lowest BCUT2D eigenvalue weighted by atomic mass is 9.87. The molecule has 0 aliphatic carbocycles. The molecule has 2 N–H and O–H groups in total. The molecule has 2 rings (SSSR count). The number of rotatable bonds is 1. The SMILES string of the molecule is COC(=O)C1CC2CC(C(F)(F)F)CNC2N1. The van der Waals surface area contributed by atoms with Gasteiger partial charge in [0.05, 0.1) is 19.2 Å². The van der Waals surface area contributed by atoms with Crippen molar-refractivity contribution in [1.82, 2.24) is 10.6 Å². The maximum atomic E-state index is 12.6. The van der Waals surface area contributed by atoms with E-state index in [4.69, 9.17) is 0 Å². The van der Waals surface area contributed by atoms with E-state index in [1.807, 2.05) is 0 Å². The Hall–Kier alpha value is -0.820. The van der Waals surface area contributed by atoms with Crippen LogP contribution >= 0.6 is 0 Å². The summed E-state index contributed by atoms with van der Waals surface area (Å²) in [6.07, 6.45) is -3.91. The van der Waals surface area contributed by atoms with E-state index < -0.39 is 24.1 Å². The molecule has 2 aliphatic heterocycles. The van der Waals surface area contributed by atoms with Gasteiger partial charge in [-0.05, 0) is 18.8 Å². The Morgan fingerprint density at radius 2 is 2.06 bits per heavy atom. The fraction of sp³-hybridized carbons (Fsp3) is 0.900. The molecule has 4 unspecified atom stereocenters. The Bertz CT molecular complexity index is 308. The third kappa shape index (κ3) is 2.55. The maximum Gasteiger partial charge on any atom is 0.393 e. The summed E-state index contributed by atoms with van der Waals surface area (Å²) in [4.78, 5) is 11.3. The average molecular weight is 252 g/mol. The van der Waals surface area contributed by atoms with Crippen LogP contribution in [0.4, 0.5) is 13.2 Å². The van der Waals surface area contributed by atoms with Gasteiger partial charge in [0.25, 0.3) is 0 Å². The molecule has 17 heavy (non-hydrogen) atoms. The van der Waals surface area contributed by atoms with E-state index in [0.29, 0.717) is 6.42 Å². The van der Waals surface area contributed by atoms with Crippen molar-refractivity contribution in [2.45, 2.75) is 31.2 Å². The molecular weight excluding hydrogens is 237 g/mol. The molecule has 4 nitrogen and oxygen atoms in total. The molecular formula is C10H15F3N2O2. The van der Waals surface area contributed by atoms with Gasteiger partial charge in [0.1, 0.15) is 6.04 Å². The Labute approximate surface area is 96.9 Å². The first-order valence-electron chi connectivity index (χ1n) is 5.55. The highest BCUT2D eigenvalue weighted by Gasteiger charge is 2.48. The summed E-state index contributed by atoms with van der Waals surface area (Å²) in [5.74, 6) is -1.90. The van der Waals surface area contributed by atoms with Gasteiger partial charge in [0.15, 0.2) is 0 Å². The predicted molar refractivity (Wildman–Crippen MR) is 53.0 cm³/mol. The van der Waals surface area contributed by atoms with Crippen LogP contribution in [0, 0.1) is 11.8 Å². The van der Waals surface area contributed by atoms with Gasteiger partial charge in [-0.1, -0.05) is 0 Å². The molecule has 2 fully saturated rings. The van der Waals surface area contributed by atoms with Crippen molar-refractivity contribution in [1.29, 1.82) is 0 Å². The van der Waals surface area contributed by atoms with Crippen LogP contribution in [-0.4, -0.2) is 38.0 Å². The van der Waals surface area contributed by atoms with E-state index in [-0.39, 0.29) is 25.0 Å². The maximum absolute atomic E-state index is 12.6. The van der Waals surface area contributed by atoms with Gasteiger partial charge >= 0.3 is 12.1 Å². The van der Waals surface area contributed by atoms with Crippen LogP contribution < -0.4 is 10.6 Å². The summed E-state index contributed by atoms with van der Waals surface area (Å²) in [6, 6.07) is -0.491. The van der Waals surface area contributed by atoms with Gasteiger partial charge in [0, 0.05) is 6.54 Å². The van der Waals surface area contributed by atoms with E-state index in [9.17, 15) is 18.0 Å². The second kappa shape index (κ2) is 4.45. The predicted octanol–water partition coefficient (Wildman–Crippen LogP) is 0.635. The van der Waals surface area contributed by atoms with Gasteiger partial charge in [-0.15, -0.1) is 0 Å². The Kier molecular flexibility index (Phi) is 3.31. The minimum Gasteiger partial charge on any atom is -0.468 e. The summed E-state index contributed by atoms with van der Waals surface area (Å²) in [6.45, 7) is -0.0917. The number of nitrogens with one attached hydrogen (secondary N) is 2. The molecule has 2 aliphatic rings. The van der Waals surface area contributed by atoms with E-state index in [1.54, 1.807) is 0 Å². The van der Waals surface area contributed by atoms with Crippen molar-refractivity contribution in [2.24, 2.45) is 11.8 Å². The van der Waals surface area contributed by atoms with Crippen LogP contribution in [0.1, 0.15) is 12.8 Å². The minimum atomic E-state index is -4.17. The second-order valence-corrected chi connectivity index (χ2v) is 4.60. The molecule has 0 bridgehead atoms. The highest BCUT2D eigenvalue weighted by atomic mass is 19.4. The van der Waals surface area contributed by atoms with Crippen molar-refractivity contribution in [3.63, 3.8) is 0 Å². The highest BCUT2D eigenvalue weighted by Crippen LogP contribution is 2.37. The van der Waals surface area contributed by atoms with Crippen molar-refractivity contribution in [3.05, 3.63) is 0 Å². The molecule has 2 saturated heterocycles. The van der Waals surface area contributed by atoms with E-state index in [2.05, 4.69) is 15.4 Å². The monoisotopic (exact) mass is 252 g/mol. The van der Waals surface area contributed by atoms with E-state index >= 15 is 0 Å². The summed E-state index contributed by atoms with van der Waals surface area (Å²) in [5.41, 5.74) is 0. The van der Waals surface area contributed by atoms with Gasteiger partial charge < -0.3 is 10.1 Å². The standard InChI is InChI=1S/C10H15F3N2O2/c1-17-9(16)7-3-5-2-6(10(11,12)13)4-14-8(5)15-7/h5-8,14-15H,2-4H2,1H3. The largest absolute Gasteiger partial charge is 0.468 e. The van der Waals surface area contributed by atoms with Crippen molar-refractivity contribution in [2.75, 3.05) is 13.7 Å². The topological polar surface area (TPSA) is 50.4 Å². The molecule has 0 spiro atoms. The number of fused-ring (bicyclic) bond motifs is 1. The molecule has 4 atom stereocenters. The average Bonchev–Trinajstić information content (AvgIpc) is 2.69. The normalized spacial score (nSPS) is 37.6. The zero-order chi connectivity index (χ0) is 12.6. The molecule has 98 valence electrons. The third-order valence-corrected chi connectivity index (χ3v) is 3.51. The number of methoxy groups -OCH3 is 1. The fourth-order valence-corrected chi connectivity index (χ4v) is 2.59. The van der Waals surface area contributed by atoms with Crippen LogP contribution in [0.15, 0.2) is 0 Å². The lowest BCUT2D eigenvalue weighted by Gasteiger charge is -2.33. The zero-order valence-corrected chi connectivity index (χ0v) is 9.38. The van der Waals surface area contributed by atoms with E-state index in [0.717, 1.165) is 0 Å². The Morgan fingerprint density at radius 1 is 1.35 bits per heavy atom. The number of piperidine rings is 1. The zero-order valence-electron chi connectivity index (χ0n) is 9.38. The molecule has 0 radical (unpaired) electrons. The van der Waals surface area contributed by atoms with Crippen molar-refractivity contribution < 1.29 is 22.7 Å². The van der Waals surface area contributed by atoms with Crippen molar-refractivity contribution in [3.8, 4) is 0 Å². The minimum absolute atomic E-state index is 0.0711. The fourth-order valence-electron chi connectivity index (χ4n) is 2.59. The highest BCUT2D eigenvalue weighted by molar-refractivity contribution is 5.76. The number of hydrogen-bond acceptors (Lipinski definition) is 4. The summed E-state index contributed by atoms with van der Waals surface area (Å²) in [7, 11) is 1.28. The first-order valence-corrected chi connectivity index (χ1v) is 5.55. The van der Waals surface area contributed by atoms with Crippen LogP contribution in [0.25, 0.3) is 0 Å². The smallest absolute Gasteiger partial charge is 0.393 e. The van der Waals surface area contributed by atoms with Crippen molar-refractivity contribution >= 4 is 5.97 Å². The lowest BCUT2D eigenvalue weighted by Crippen LogP contribution is -2.53. The molecule has 0 amide bonds. The summed E-state index contributed by atoms with van der Waals surface area (Å²) < 4.78 is 42.3. The van der Waals surface area contributed by atoms with Gasteiger partial charge in [-0.2, -0.15) is 13.2 Å². The van der Waals surface area contributed by atoms with E-state index in [1.165, 1.54) is 7.11 Å². The molecule has 0 aromatic carbocycles. The molecule has 2 heterocycles. The molecule has 0 aromatic heterocycles. The van der Waals surface area contributed by atoms with Crippen LogP contribution in [0.3, 0.4) is 0 Å². The number of ether oxygens (including phenoxy) is 1. The summed E-state index contributed by atoms with van der Waals surface area (Å²) >= 11 is 0. The summed E-state index contributed by atoms with van der Waals surface area (Å²) in [5, 5.41) is 5.77. The molecule has 0 aromatic rings. The second-order valence-electron chi connectivity index (χ2n) is 4.60. The van der Waals surface area contributed by atoms with Crippen LogP contribution in [-0.2, 0) is 9.53 Å². The van der Waals surface area contributed by atoms with Crippen LogP contribution in [0.5, 0.6) is 0 Å². The number of halogens is 3. The van der Waals surface area contributed by atoms with Gasteiger partial charge in [-0.25, -0.2) is 0 Å². The quantitative estimate of drug-likeness (QED) is 0.672. The van der Waals surface area contributed by atoms with Gasteiger partial charge in [0.2, 0.25) is 0 Å². The number of alkyl halides is 3. The number of carbonyl (C=O) groups is 1. The lowest BCUT2D eigenvalue weighted by molar-refractivity contribution is -0.183. The number of hydrogen-bond donors (Lipinski definition) is 2. The Balaban J connectivity index is 1.97. The third-order valence-electron chi connectivity index (χ3n) is 3.51. The van der Waals surface area contributed by atoms with Crippen LogP contribution in [0.2, 0.25) is 0 Å². The molecule has 0 saturated carbocycles. The van der Waals surface area contributed by atoms with Gasteiger partial charge in [-0.3, -0.25) is 10.1 Å². The molecule has 7 heteroatoms. The number of carbonyl (C=O) groups excluding carboxylic acids is 1. The first kappa shape index (κ1) is 12.6. The first-order chi connectivity index (χ1) is 7.91.